The van der Waals surface area contributed by atoms with Crippen LogP contribution in [0.3, 0.4) is 0 Å². The molecule has 2 saturated heterocycles. The molecule has 2 fully saturated rings. The number of aryl methyl sites for hydroxylation is 2. The predicted octanol–water partition coefficient (Wildman–Crippen LogP) is 2.37. The van der Waals surface area contributed by atoms with Gasteiger partial charge in [-0.15, -0.1) is 0 Å². The molecule has 0 amide bonds. The lowest BCUT2D eigenvalue weighted by molar-refractivity contribution is 0.231. The van der Waals surface area contributed by atoms with Gasteiger partial charge in [0.1, 0.15) is 12.4 Å². The van der Waals surface area contributed by atoms with Crippen LogP contribution in [0.4, 0.5) is 0 Å². The van der Waals surface area contributed by atoms with Crippen LogP contribution in [0.25, 0.3) is 0 Å². The van der Waals surface area contributed by atoms with Gasteiger partial charge < -0.3 is 10.1 Å². The maximum Gasteiger partial charge on any atom is 0.119 e. The molecule has 20 heavy (non-hydrogen) atoms. The molecule has 3 rings (SSSR count). The third kappa shape index (κ3) is 3.33. The molecule has 2 atom stereocenters. The number of rotatable bonds is 4. The highest BCUT2D eigenvalue weighted by Crippen LogP contribution is 2.24. The first-order valence-electron chi connectivity index (χ1n) is 7.87. The van der Waals surface area contributed by atoms with Crippen molar-refractivity contribution in [2.75, 3.05) is 32.8 Å². The van der Waals surface area contributed by atoms with Crippen molar-refractivity contribution in [2.24, 2.45) is 5.92 Å². The Kier molecular flexibility index (Phi) is 4.27. The van der Waals surface area contributed by atoms with Crippen LogP contribution in [0, 0.1) is 19.8 Å². The number of benzene rings is 1. The zero-order chi connectivity index (χ0) is 13.9. The van der Waals surface area contributed by atoms with E-state index in [4.69, 9.17) is 4.74 Å². The van der Waals surface area contributed by atoms with Crippen LogP contribution in [-0.2, 0) is 0 Å². The number of fused-ring (bicyclic) bond motifs is 1. The second kappa shape index (κ2) is 6.15. The Morgan fingerprint density at radius 2 is 2.00 bits per heavy atom. The van der Waals surface area contributed by atoms with E-state index in [1.807, 2.05) is 0 Å². The average Bonchev–Trinajstić information content (AvgIpc) is 2.80. The summed E-state index contributed by atoms with van der Waals surface area (Å²) in [4.78, 5) is 2.55. The van der Waals surface area contributed by atoms with Crippen LogP contribution in [0.1, 0.15) is 24.0 Å². The SMILES string of the molecule is Cc1cc(C)cc(OCCN2C[C@@H]3CCCN[C@@H]3C2)c1. The van der Waals surface area contributed by atoms with Gasteiger partial charge in [-0.1, -0.05) is 6.07 Å². The highest BCUT2D eigenvalue weighted by Gasteiger charge is 2.33. The van der Waals surface area contributed by atoms with E-state index in [0.717, 1.165) is 30.9 Å². The first kappa shape index (κ1) is 13.9. The molecule has 2 heterocycles. The molecule has 0 radical (unpaired) electrons. The minimum atomic E-state index is 0.727. The van der Waals surface area contributed by atoms with E-state index in [1.54, 1.807) is 0 Å². The zero-order valence-electron chi connectivity index (χ0n) is 12.7. The zero-order valence-corrected chi connectivity index (χ0v) is 12.7. The van der Waals surface area contributed by atoms with Gasteiger partial charge in [0.05, 0.1) is 0 Å². The Morgan fingerprint density at radius 3 is 2.75 bits per heavy atom. The Hall–Kier alpha value is -1.06. The molecule has 1 aromatic carbocycles. The third-order valence-corrected chi connectivity index (χ3v) is 4.55. The topological polar surface area (TPSA) is 24.5 Å². The van der Waals surface area contributed by atoms with Gasteiger partial charge >= 0.3 is 0 Å². The summed E-state index contributed by atoms with van der Waals surface area (Å²) in [5, 5.41) is 3.65. The second-order valence-corrected chi connectivity index (χ2v) is 6.39. The molecule has 3 nitrogen and oxygen atoms in total. The minimum absolute atomic E-state index is 0.727. The van der Waals surface area contributed by atoms with Gasteiger partial charge in [0.15, 0.2) is 0 Å². The number of nitrogens with zero attached hydrogens (tertiary/aromatic N) is 1. The summed E-state index contributed by atoms with van der Waals surface area (Å²) in [5.74, 6) is 1.88. The highest BCUT2D eigenvalue weighted by atomic mass is 16.5. The average molecular weight is 274 g/mol. The summed E-state index contributed by atoms with van der Waals surface area (Å²) in [7, 11) is 0. The van der Waals surface area contributed by atoms with Crippen LogP contribution < -0.4 is 10.1 Å². The van der Waals surface area contributed by atoms with E-state index in [1.165, 1.54) is 43.6 Å². The molecule has 0 saturated carbocycles. The monoisotopic (exact) mass is 274 g/mol. The number of piperidine rings is 1. The molecule has 2 aliphatic heterocycles. The number of hydrogen-bond donors (Lipinski definition) is 1. The smallest absolute Gasteiger partial charge is 0.119 e. The highest BCUT2D eigenvalue weighted by molar-refractivity contribution is 5.32. The summed E-state index contributed by atoms with van der Waals surface area (Å²) in [5.41, 5.74) is 2.55. The number of hydrogen-bond acceptors (Lipinski definition) is 3. The predicted molar refractivity (Wildman–Crippen MR) is 82.4 cm³/mol. The van der Waals surface area contributed by atoms with Gasteiger partial charge in [0, 0.05) is 25.7 Å². The Morgan fingerprint density at radius 1 is 1.20 bits per heavy atom. The first-order valence-corrected chi connectivity index (χ1v) is 7.87. The lowest BCUT2D eigenvalue weighted by Crippen LogP contribution is -2.40. The normalized spacial score (nSPS) is 26.5. The standard InChI is InChI=1S/C17H26N2O/c1-13-8-14(2)10-16(9-13)20-7-6-19-11-15-4-3-5-18-17(15)12-19/h8-10,15,17-18H,3-7,11-12H2,1-2H3/t15-,17+/m0/s1. The Labute approximate surface area is 122 Å². The molecular formula is C17H26N2O. The second-order valence-electron chi connectivity index (χ2n) is 6.39. The van der Waals surface area contributed by atoms with E-state index in [2.05, 4.69) is 42.3 Å². The van der Waals surface area contributed by atoms with Crippen molar-refractivity contribution in [1.29, 1.82) is 0 Å². The summed E-state index contributed by atoms with van der Waals surface area (Å²) >= 11 is 0. The van der Waals surface area contributed by atoms with Crippen LogP contribution in [0.2, 0.25) is 0 Å². The van der Waals surface area contributed by atoms with Crippen molar-refractivity contribution in [3.63, 3.8) is 0 Å². The molecule has 3 heteroatoms. The molecule has 0 unspecified atom stereocenters. The molecule has 0 bridgehead atoms. The van der Waals surface area contributed by atoms with Crippen molar-refractivity contribution in [1.82, 2.24) is 10.2 Å². The van der Waals surface area contributed by atoms with Crippen LogP contribution >= 0.6 is 0 Å². The fourth-order valence-electron chi connectivity index (χ4n) is 3.63. The largest absolute Gasteiger partial charge is 0.492 e. The molecule has 0 aromatic heterocycles. The molecule has 1 N–H and O–H groups in total. The van der Waals surface area contributed by atoms with E-state index < -0.39 is 0 Å². The van der Waals surface area contributed by atoms with E-state index >= 15 is 0 Å². The van der Waals surface area contributed by atoms with Crippen LogP contribution in [-0.4, -0.2) is 43.7 Å². The van der Waals surface area contributed by atoms with Crippen molar-refractivity contribution in [2.45, 2.75) is 32.7 Å². The summed E-state index contributed by atoms with van der Waals surface area (Å²) in [6, 6.07) is 7.16. The van der Waals surface area contributed by atoms with Gasteiger partial charge in [-0.25, -0.2) is 0 Å². The molecule has 1 aromatic rings. The van der Waals surface area contributed by atoms with E-state index in [9.17, 15) is 0 Å². The quantitative estimate of drug-likeness (QED) is 0.912. The molecule has 110 valence electrons. The van der Waals surface area contributed by atoms with Crippen molar-refractivity contribution < 1.29 is 4.74 Å². The van der Waals surface area contributed by atoms with Gasteiger partial charge in [0.25, 0.3) is 0 Å². The van der Waals surface area contributed by atoms with E-state index in [-0.39, 0.29) is 0 Å². The fourth-order valence-corrected chi connectivity index (χ4v) is 3.63. The summed E-state index contributed by atoms with van der Waals surface area (Å²) in [6.45, 7) is 9.72. The number of ether oxygens (including phenoxy) is 1. The van der Waals surface area contributed by atoms with Crippen molar-refractivity contribution >= 4 is 0 Å². The lowest BCUT2D eigenvalue weighted by atomic mass is 9.94. The number of nitrogens with one attached hydrogen (secondary N) is 1. The first-order chi connectivity index (χ1) is 9.70. The minimum Gasteiger partial charge on any atom is -0.492 e. The Bertz CT molecular complexity index is 426. The van der Waals surface area contributed by atoms with E-state index in [0.29, 0.717) is 0 Å². The molecule has 0 aliphatic carbocycles. The maximum atomic E-state index is 5.92. The Balaban J connectivity index is 1.46. The van der Waals surface area contributed by atoms with Gasteiger partial charge in [-0.05, 0) is 62.4 Å². The van der Waals surface area contributed by atoms with Crippen LogP contribution in [0.15, 0.2) is 18.2 Å². The number of likely N-dealkylation sites (tertiary alicyclic amines) is 1. The van der Waals surface area contributed by atoms with Gasteiger partial charge in [-0.2, -0.15) is 0 Å². The maximum absolute atomic E-state index is 5.92. The molecule has 0 spiro atoms. The van der Waals surface area contributed by atoms with Gasteiger partial charge in [0.2, 0.25) is 0 Å². The summed E-state index contributed by atoms with van der Waals surface area (Å²) in [6.07, 6.45) is 2.74. The fraction of sp³-hybridized carbons (Fsp3) is 0.647. The molecular weight excluding hydrogens is 248 g/mol. The van der Waals surface area contributed by atoms with Crippen molar-refractivity contribution in [3.05, 3.63) is 29.3 Å². The third-order valence-electron chi connectivity index (χ3n) is 4.55. The lowest BCUT2D eigenvalue weighted by Gasteiger charge is -2.24. The van der Waals surface area contributed by atoms with Gasteiger partial charge in [-0.3, -0.25) is 4.90 Å². The summed E-state index contributed by atoms with van der Waals surface area (Å²) < 4.78 is 5.92. The van der Waals surface area contributed by atoms with Crippen molar-refractivity contribution in [3.8, 4) is 5.75 Å². The van der Waals surface area contributed by atoms with Crippen LogP contribution in [0.5, 0.6) is 5.75 Å². The molecule has 2 aliphatic rings.